The van der Waals surface area contributed by atoms with Crippen molar-refractivity contribution in [1.82, 2.24) is 5.32 Å². The average molecular weight is 320 g/mol. The molecule has 0 aliphatic carbocycles. The number of hydrogen-bond donors (Lipinski definition) is 1. The Morgan fingerprint density at radius 2 is 1.73 bits per heavy atom. The second kappa shape index (κ2) is 8.29. The summed E-state index contributed by atoms with van der Waals surface area (Å²) in [6.45, 7) is 1.01. The van der Waals surface area contributed by atoms with Gasteiger partial charge in [-0.05, 0) is 36.4 Å². The maximum absolute atomic E-state index is 11.7. The summed E-state index contributed by atoms with van der Waals surface area (Å²) in [4.78, 5) is 11.7. The molecule has 0 spiro atoms. The van der Waals surface area contributed by atoms with E-state index in [1.165, 1.54) is 0 Å². The standard InChI is InChI=1S/C17H18ClNO3/c1-19-17(20)15-5-2-3-6-16(15)22-12-4-11-21-14-9-7-13(18)8-10-14/h2-3,5-10H,4,11-12H2,1H3,(H,19,20). The van der Waals surface area contributed by atoms with E-state index in [4.69, 9.17) is 21.1 Å². The number of halogens is 1. The molecule has 1 N–H and O–H groups in total. The van der Waals surface area contributed by atoms with Crippen molar-refractivity contribution in [2.75, 3.05) is 20.3 Å². The van der Waals surface area contributed by atoms with Gasteiger partial charge in [0, 0.05) is 18.5 Å². The maximum atomic E-state index is 11.7. The predicted octanol–water partition coefficient (Wildman–Crippen LogP) is 3.55. The van der Waals surface area contributed by atoms with E-state index in [0.29, 0.717) is 36.0 Å². The Bertz CT molecular complexity index is 614. The van der Waals surface area contributed by atoms with Gasteiger partial charge in [-0.15, -0.1) is 0 Å². The molecule has 0 aliphatic heterocycles. The van der Waals surface area contributed by atoms with Gasteiger partial charge in [0.1, 0.15) is 11.5 Å². The van der Waals surface area contributed by atoms with Crippen molar-refractivity contribution in [3.05, 3.63) is 59.1 Å². The van der Waals surface area contributed by atoms with Crippen molar-refractivity contribution in [2.24, 2.45) is 0 Å². The van der Waals surface area contributed by atoms with E-state index in [0.717, 1.165) is 5.75 Å². The number of ether oxygens (including phenoxy) is 2. The van der Waals surface area contributed by atoms with Crippen LogP contribution in [0.25, 0.3) is 0 Å². The minimum absolute atomic E-state index is 0.159. The van der Waals surface area contributed by atoms with Crippen LogP contribution >= 0.6 is 11.6 Å². The van der Waals surface area contributed by atoms with Crippen molar-refractivity contribution in [2.45, 2.75) is 6.42 Å². The lowest BCUT2D eigenvalue weighted by molar-refractivity contribution is 0.0959. The normalized spacial score (nSPS) is 10.1. The quantitative estimate of drug-likeness (QED) is 0.794. The van der Waals surface area contributed by atoms with Crippen LogP contribution in [-0.4, -0.2) is 26.2 Å². The summed E-state index contributed by atoms with van der Waals surface area (Å²) in [5.74, 6) is 1.19. The first-order valence-electron chi connectivity index (χ1n) is 7.03. The Hall–Kier alpha value is -2.20. The highest BCUT2D eigenvalue weighted by Crippen LogP contribution is 2.18. The third kappa shape index (κ3) is 4.67. The monoisotopic (exact) mass is 319 g/mol. The van der Waals surface area contributed by atoms with Crippen molar-refractivity contribution in [3.8, 4) is 11.5 Å². The van der Waals surface area contributed by atoms with Crippen LogP contribution in [0.3, 0.4) is 0 Å². The summed E-state index contributed by atoms with van der Waals surface area (Å²) in [6, 6.07) is 14.4. The Labute approximate surface area is 135 Å². The lowest BCUT2D eigenvalue weighted by Gasteiger charge is -2.11. The minimum atomic E-state index is -0.159. The smallest absolute Gasteiger partial charge is 0.254 e. The van der Waals surface area contributed by atoms with E-state index in [2.05, 4.69) is 5.32 Å². The molecular formula is C17H18ClNO3. The molecule has 5 heteroatoms. The zero-order valence-corrected chi connectivity index (χ0v) is 13.1. The third-order valence-electron chi connectivity index (χ3n) is 2.99. The number of benzene rings is 2. The average Bonchev–Trinajstić information content (AvgIpc) is 2.56. The van der Waals surface area contributed by atoms with E-state index in [1.807, 2.05) is 18.2 Å². The van der Waals surface area contributed by atoms with Crippen LogP contribution in [0, 0.1) is 0 Å². The number of carbonyl (C=O) groups is 1. The third-order valence-corrected chi connectivity index (χ3v) is 3.24. The van der Waals surface area contributed by atoms with Crippen molar-refractivity contribution >= 4 is 17.5 Å². The van der Waals surface area contributed by atoms with Crippen LogP contribution in [0.4, 0.5) is 0 Å². The summed E-state index contributed by atoms with van der Waals surface area (Å²) < 4.78 is 11.2. The fourth-order valence-corrected chi connectivity index (χ4v) is 2.00. The number of carbonyl (C=O) groups excluding carboxylic acids is 1. The molecule has 2 aromatic rings. The summed E-state index contributed by atoms with van der Waals surface area (Å²) in [5, 5.41) is 3.28. The molecule has 0 heterocycles. The Morgan fingerprint density at radius 3 is 2.45 bits per heavy atom. The van der Waals surface area contributed by atoms with Gasteiger partial charge in [-0.1, -0.05) is 23.7 Å². The van der Waals surface area contributed by atoms with E-state index < -0.39 is 0 Å². The van der Waals surface area contributed by atoms with Gasteiger partial charge in [0.2, 0.25) is 0 Å². The van der Waals surface area contributed by atoms with Gasteiger partial charge in [0.05, 0.1) is 18.8 Å². The van der Waals surface area contributed by atoms with Crippen LogP contribution in [0.15, 0.2) is 48.5 Å². The molecule has 0 saturated heterocycles. The fraction of sp³-hybridized carbons (Fsp3) is 0.235. The van der Waals surface area contributed by atoms with E-state index >= 15 is 0 Å². The predicted molar refractivity (Wildman–Crippen MR) is 86.9 cm³/mol. The van der Waals surface area contributed by atoms with Crippen LogP contribution in [-0.2, 0) is 0 Å². The van der Waals surface area contributed by atoms with Crippen LogP contribution < -0.4 is 14.8 Å². The Balaban J connectivity index is 1.77. The lowest BCUT2D eigenvalue weighted by atomic mass is 10.2. The SMILES string of the molecule is CNC(=O)c1ccccc1OCCCOc1ccc(Cl)cc1. The van der Waals surface area contributed by atoms with E-state index in [-0.39, 0.29) is 5.91 Å². The molecule has 4 nitrogen and oxygen atoms in total. The van der Waals surface area contributed by atoms with E-state index in [1.54, 1.807) is 37.4 Å². The summed E-state index contributed by atoms with van der Waals surface area (Å²) in [5.41, 5.74) is 0.531. The highest BCUT2D eigenvalue weighted by molar-refractivity contribution is 6.30. The van der Waals surface area contributed by atoms with E-state index in [9.17, 15) is 4.79 Å². The number of para-hydroxylation sites is 1. The molecular weight excluding hydrogens is 302 g/mol. The van der Waals surface area contributed by atoms with Crippen LogP contribution in [0.1, 0.15) is 16.8 Å². The lowest BCUT2D eigenvalue weighted by Crippen LogP contribution is -2.19. The zero-order valence-electron chi connectivity index (χ0n) is 12.3. The second-order valence-corrected chi connectivity index (χ2v) is 5.02. The van der Waals surface area contributed by atoms with Gasteiger partial charge in [0.15, 0.2) is 0 Å². The molecule has 0 radical (unpaired) electrons. The Kier molecular flexibility index (Phi) is 6.10. The van der Waals surface area contributed by atoms with Crippen molar-refractivity contribution in [1.29, 1.82) is 0 Å². The molecule has 0 fully saturated rings. The minimum Gasteiger partial charge on any atom is -0.493 e. The fourth-order valence-electron chi connectivity index (χ4n) is 1.88. The molecule has 2 rings (SSSR count). The van der Waals surface area contributed by atoms with Crippen LogP contribution in [0.2, 0.25) is 5.02 Å². The van der Waals surface area contributed by atoms with Gasteiger partial charge in [-0.3, -0.25) is 4.79 Å². The second-order valence-electron chi connectivity index (χ2n) is 4.58. The number of rotatable bonds is 7. The van der Waals surface area contributed by atoms with Crippen molar-refractivity contribution < 1.29 is 14.3 Å². The molecule has 0 unspecified atom stereocenters. The molecule has 0 atom stereocenters. The van der Waals surface area contributed by atoms with Gasteiger partial charge in [0.25, 0.3) is 5.91 Å². The molecule has 0 saturated carbocycles. The number of hydrogen-bond acceptors (Lipinski definition) is 3. The first-order valence-corrected chi connectivity index (χ1v) is 7.41. The summed E-state index contributed by atoms with van der Waals surface area (Å²) in [7, 11) is 1.60. The molecule has 0 aliphatic rings. The summed E-state index contributed by atoms with van der Waals surface area (Å²) >= 11 is 5.81. The molecule has 0 aromatic heterocycles. The maximum Gasteiger partial charge on any atom is 0.254 e. The molecule has 2 aromatic carbocycles. The van der Waals surface area contributed by atoms with Crippen molar-refractivity contribution in [3.63, 3.8) is 0 Å². The highest BCUT2D eigenvalue weighted by atomic mass is 35.5. The topological polar surface area (TPSA) is 47.6 Å². The van der Waals surface area contributed by atoms with Gasteiger partial charge >= 0.3 is 0 Å². The number of nitrogens with one attached hydrogen (secondary N) is 1. The number of amides is 1. The molecule has 116 valence electrons. The largest absolute Gasteiger partial charge is 0.493 e. The van der Waals surface area contributed by atoms with Gasteiger partial charge < -0.3 is 14.8 Å². The Morgan fingerprint density at radius 1 is 1.05 bits per heavy atom. The molecule has 0 bridgehead atoms. The zero-order chi connectivity index (χ0) is 15.8. The highest BCUT2D eigenvalue weighted by Gasteiger charge is 2.09. The molecule has 22 heavy (non-hydrogen) atoms. The van der Waals surface area contributed by atoms with Crippen LogP contribution in [0.5, 0.6) is 11.5 Å². The summed E-state index contributed by atoms with van der Waals surface area (Å²) in [6.07, 6.45) is 0.713. The molecule has 1 amide bonds. The first kappa shape index (κ1) is 16.2. The first-order chi connectivity index (χ1) is 10.7. The van der Waals surface area contributed by atoms with Gasteiger partial charge in [-0.2, -0.15) is 0 Å². The van der Waals surface area contributed by atoms with Gasteiger partial charge in [-0.25, -0.2) is 0 Å².